The first-order valence-corrected chi connectivity index (χ1v) is 11.7. The van der Waals surface area contributed by atoms with Gasteiger partial charge >= 0.3 is 0 Å². The van der Waals surface area contributed by atoms with Crippen molar-refractivity contribution in [2.75, 3.05) is 13.1 Å². The molecule has 0 bridgehead atoms. The monoisotopic (exact) mass is 453 g/mol. The summed E-state index contributed by atoms with van der Waals surface area (Å²) in [4.78, 5) is 14.6. The van der Waals surface area contributed by atoms with Gasteiger partial charge in [0.15, 0.2) is 17.7 Å². The van der Waals surface area contributed by atoms with Crippen molar-refractivity contribution in [3.63, 3.8) is 0 Å². The molecule has 0 radical (unpaired) electrons. The highest BCUT2D eigenvalue weighted by Crippen LogP contribution is 2.35. The third-order valence-electron chi connectivity index (χ3n) is 6.87. The lowest BCUT2D eigenvalue weighted by Gasteiger charge is -2.39. The molecule has 0 saturated heterocycles. The summed E-state index contributed by atoms with van der Waals surface area (Å²) in [6.45, 7) is 2.48. The molecule has 3 aromatic rings. The number of hydrogen-bond acceptors (Lipinski definition) is 3. The second kappa shape index (κ2) is 9.14. The molecule has 174 valence electrons. The van der Waals surface area contributed by atoms with Crippen molar-refractivity contribution in [3.8, 4) is 5.75 Å². The summed E-state index contributed by atoms with van der Waals surface area (Å²) >= 11 is 0. The minimum Gasteiger partial charge on any atom is -0.476 e. The maximum absolute atomic E-state index is 14.3. The molecule has 1 aliphatic heterocycles. The number of carbonyl (C=O) groups excluding carboxylic acids is 1. The Labute approximate surface area is 192 Å². The zero-order chi connectivity index (χ0) is 22.9. The smallest absolute Gasteiger partial charge is 0.260 e. The maximum Gasteiger partial charge on any atom is 0.260 e. The van der Waals surface area contributed by atoms with Crippen LogP contribution in [0.4, 0.5) is 8.78 Å². The summed E-state index contributed by atoms with van der Waals surface area (Å²) in [6, 6.07) is 11.6. The van der Waals surface area contributed by atoms with Crippen molar-refractivity contribution in [2.24, 2.45) is 11.7 Å². The fourth-order valence-electron chi connectivity index (χ4n) is 4.95. The Morgan fingerprint density at radius 2 is 1.88 bits per heavy atom. The van der Waals surface area contributed by atoms with Crippen LogP contribution in [0.5, 0.6) is 5.75 Å². The predicted octanol–water partition coefficient (Wildman–Crippen LogP) is 4.27. The molecule has 0 spiro atoms. The summed E-state index contributed by atoms with van der Waals surface area (Å²) in [5, 5.41) is 0.641. The maximum atomic E-state index is 14.3. The van der Waals surface area contributed by atoms with Crippen LogP contribution in [-0.4, -0.2) is 40.6 Å². The Balaban J connectivity index is 1.27. The van der Waals surface area contributed by atoms with Crippen LogP contribution in [0.3, 0.4) is 0 Å². The molecule has 5 nitrogen and oxygen atoms in total. The van der Waals surface area contributed by atoms with E-state index in [4.69, 9.17) is 10.5 Å². The molecule has 1 amide bonds. The number of rotatable bonds is 9. The van der Waals surface area contributed by atoms with Crippen molar-refractivity contribution >= 4 is 16.8 Å². The van der Waals surface area contributed by atoms with Crippen LogP contribution < -0.4 is 10.5 Å². The minimum absolute atomic E-state index is 0.149. The Kier molecular flexibility index (Phi) is 6.06. The van der Waals surface area contributed by atoms with Crippen LogP contribution in [0, 0.1) is 17.6 Å². The molecule has 7 heteroatoms. The zero-order valence-electron chi connectivity index (χ0n) is 18.6. The van der Waals surface area contributed by atoms with Gasteiger partial charge in [-0.15, -0.1) is 0 Å². The van der Waals surface area contributed by atoms with Gasteiger partial charge in [-0.25, -0.2) is 8.78 Å². The van der Waals surface area contributed by atoms with Gasteiger partial charge < -0.3 is 15.0 Å². The molecule has 2 aliphatic rings. The van der Waals surface area contributed by atoms with Crippen molar-refractivity contribution in [2.45, 2.75) is 50.8 Å². The first kappa shape index (κ1) is 21.9. The van der Waals surface area contributed by atoms with E-state index in [0.29, 0.717) is 17.7 Å². The Hall–Kier alpha value is -2.93. The van der Waals surface area contributed by atoms with E-state index in [0.717, 1.165) is 43.6 Å². The molecular weight excluding hydrogens is 424 g/mol. The van der Waals surface area contributed by atoms with E-state index in [1.165, 1.54) is 25.0 Å². The molecule has 2 aromatic carbocycles. The van der Waals surface area contributed by atoms with Crippen LogP contribution in [0.15, 0.2) is 48.7 Å². The lowest BCUT2D eigenvalue weighted by molar-refractivity contribution is -0.129. The van der Waals surface area contributed by atoms with E-state index >= 15 is 0 Å². The van der Waals surface area contributed by atoms with Gasteiger partial charge in [-0.3, -0.25) is 9.69 Å². The van der Waals surface area contributed by atoms with Gasteiger partial charge in [0.05, 0.1) is 11.6 Å². The molecule has 2 atom stereocenters. The number of hydrogen-bond donors (Lipinski definition) is 1. The SMILES string of the molecule is NC(=O)C1Oc2c(F)cccc2CC1N(CCCCn1ccc2c(F)cccc21)CC1CC1. The first-order valence-electron chi connectivity index (χ1n) is 11.7. The normalized spacial score (nSPS) is 20.1. The van der Waals surface area contributed by atoms with E-state index < -0.39 is 17.8 Å². The number of primary amides is 1. The average molecular weight is 454 g/mol. The van der Waals surface area contributed by atoms with Crippen molar-refractivity contribution < 1.29 is 18.3 Å². The number of aromatic nitrogens is 1. The first-order chi connectivity index (χ1) is 16.0. The summed E-state index contributed by atoms with van der Waals surface area (Å²) in [5.41, 5.74) is 7.36. The molecule has 2 unspecified atom stereocenters. The van der Waals surface area contributed by atoms with E-state index in [2.05, 4.69) is 9.47 Å². The molecule has 5 rings (SSSR count). The number of unbranched alkanes of at least 4 members (excludes halogenated alkanes) is 1. The van der Waals surface area contributed by atoms with Gasteiger partial charge in [-0.2, -0.15) is 0 Å². The van der Waals surface area contributed by atoms with Gasteiger partial charge in [0.25, 0.3) is 5.91 Å². The molecule has 2 heterocycles. The van der Waals surface area contributed by atoms with Gasteiger partial charge in [-0.1, -0.05) is 18.2 Å². The molecule has 1 aromatic heterocycles. The molecular formula is C26H29F2N3O2. The summed E-state index contributed by atoms with van der Waals surface area (Å²) in [6.07, 6.45) is 5.81. The number of nitrogens with zero attached hydrogens (tertiary/aromatic N) is 2. The lowest BCUT2D eigenvalue weighted by Crippen LogP contribution is -2.56. The molecule has 33 heavy (non-hydrogen) atoms. The molecule has 2 N–H and O–H groups in total. The fraction of sp³-hybridized carbons (Fsp3) is 0.423. The van der Waals surface area contributed by atoms with Crippen LogP contribution in [-0.2, 0) is 17.8 Å². The number of carbonyl (C=O) groups is 1. The number of benzene rings is 2. The largest absolute Gasteiger partial charge is 0.476 e. The van der Waals surface area contributed by atoms with Crippen LogP contribution >= 0.6 is 0 Å². The van der Waals surface area contributed by atoms with Crippen LogP contribution in [0.25, 0.3) is 10.9 Å². The van der Waals surface area contributed by atoms with Gasteiger partial charge in [0.1, 0.15) is 5.82 Å². The van der Waals surface area contributed by atoms with E-state index in [1.54, 1.807) is 12.1 Å². The van der Waals surface area contributed by atoms with Crippen molar-refractivity contribution in [1.29, 1.82) is 0 Å². The minimum atomic E-state index is -0.871. The fourth-order valence-corrected chi connectivity index (χ4v) is 4.95. The Morgan fingerprint density at radius 3 is 2.67 bits per heavy atom. The molecule has 1 saturated carbocycles. The number of para-hydroxylation sites is 1. The number of ether oxygens (including phenoxy) is 1. The lowest BCUT2D eigenvalue weighted by atomic mass is 9.94. The Morgan fingerprint density at radius 1 is 1.09 bits per heavy atom. The summed E-state index contributed by atoms with van der Waals surface area (Å²) < 4.78 is 36.1. The van der Waals surface area contributed by atoms with E-state index in [9.17, 15) is 13.6 Å². The van der Waals surface area contributed by atoms with E-state index in [-0.39, 0.29) is 17.6 Å². The second-order valence-electron chi connectivity index (χ2n) is 9.27. The quantitative estimate of drug-likeness (QED) is 0.493. The predicted molar refractivity (Wildman–Crippen MR) is 123 cm³/mol. The number of nitrogens with two attached hydrogens (primary N) is 1. The van der Waals surface area contributed by atoms with Crippen LogP contribution in [0.1, 0.15) is 31.2 Å². The summed E-state index contributed by atoms with van der Waals surface area (Å²) in [5.74, 6) is -0.440. The third-order valence-corrected chi connectivity index (χ3v) is 6.87. The number of aryl methyl sites for hydroxylation is 1. The number of halogens is 2. The highest BCUT2D eigenvalue weighted by atomic mass is 19.1. The standard InChI is InChI=1S/C26H29F2N3O2/c27-20-6-4-8-22-19(20)11-14-30(22)12-1-2-13-31(16-17-9-10-17)23-15-18-5-3-7-21(28)24(18)33-25(23)26(29)32/h3-8,11,14,17,23,25H,1-2,9-10,12-13,15-16H2,(H2,29,32). The number of fused-ring (bicyclic) bond motifs is 2. The highest BCUT2D eigenvalue weighted by Gasteiger charge is 2.40. The van der Waals surface area contributed by atoms with Crippen molar-refractivity contribution in [3.05, 3.63) is 65.9 Å². The Bertz CT molecular complexity index is 1160. The summed E-state index contributed by atoms with van der Waals surface area (Å²) in [7, 11) is 0. The average Bonchev–Trinajstić information content (AvgIpc) is 3.53. The highest BCUT2D eigenvalue weighted by molar-refractivity contribution is 5.81. The third kappa shape index (κ3) is 4.60. The van der Waals surface area contributed by atoms with Gasteiger partial charge in [0.2, 0.25) is 0 Å². The van der Waals surface area contributed by atoms with Gasteiger partial charge in [-0.05, 0) is 74.4 Å². The second-order valence-corrected chi connectivity index (χ2v) is 9.27. The zero-order valence-corrected chi connectivity index (χ0v) is 18.6. The topological polar surface area (TPSA) is 60.5 Å². The molecule has 1 fully saturated rings. The van der Waals surface area contributed by atoms with Crippen LogP contribution in [0.2, 0.25) is 0 Å². The van der Waals surface area contributed by atoms with Crippen molar-refractivity contribution in [1.82, 2.24) is 9.47 Å². The van der Waals surface area contributed by atoms with E-state index in [1.807, 2.05) is 24.4 Å². The van der Waals surface area contributed by atoms with Gasteiger partial charge in [0, 0.05) is 24.7 Å². The molecule has 1 aliphatic carbocycles. The number of amides is 1.